The molecular weight excluding hydrogens is 289 g/mol. The molecule has 96 valence electrons. The lowest BCUT2D eigenvalue weighted by Gasteiger charge is -2.10. The molecule has 0 radical (unpaired) electrons. The Bertz CT molecular complexity index is 619. The van der Waals surface area contributed by atoms with Crippen molar-refractivity contribution < 1.29 is 0 Å². The second-order valence-electron chi connectivity index (χ2n) is 4.43. The molecule has 0 amide bonds. The van der Waals surface area contributed by atoms with Crippen LogP contribution in [0.15, 0.2) is 12.1 Å². The number of thiocarbonyl (C=S) groups is 1. The van der Waals surface area contributed by atoms with Gasteiger partial charge >= 0.3 is 0 Å². The first-order chi connectivity index (χ1) is 8.40. The van der Waals surface area contributed by atoms with Crippen LogP contribution >= 0.6 is 35.4 Å². The Morgan fingerprint density at radius 2 is 2.00 bits per heavy atom. The summed E-state index contributed by atoms with van der Waals surface area (Å²) in [6, 6.07) is 3.57. The number of hydrogen-bond acceptors (Lipinski definition) is 2. The average molecular weight is 302 g/mol. The van der Waals surface area contributed by atoms with Gasteiger partial charge in [0.25, 0.3) is 0 Å². The van der Waals surface area contributed by atoms with E-state index in [0.717, 1.165) is 16.9 Å². The number of nitrogens with zero attached hydrogens (tertiary/aromatic N) is 2. The van der Waals surface area contributed by atoms with Crippen molar-refractivity contribution in [3.8, 4) is 0 Å². The van der Waals surface area contributed by atoms with E-state index in [-0.39, 0.29) is 5.92 Å². The van der Waals surface area contributed by atoms with Crippen LogP contribution in [-0.4, -0.2) is 14.5 Å². The molecule has 1 aromatic heterocycles. The van der Waals surface area contributed by atoms with Gasteiger partial charge in [-0.1, -0.05) is 49.3 Å². The normalized spacial score (nSPS) is 11.4. The van der Waals surface area contributed by atoms with E-state index in [1.165, 1.54) is 0 Å². The Labute approximate surface area is 121 Å². The topological polar surface area (TPSA) is 43.8 Å². The zero-order valence-electron chi connectivity index (χ0n) is 10.1. The van der Waals surface area contributed by atoms with Gasteiger partial charge in [0, 0.05) is 5.92 Å². The third-order valence-corrected chi connectivity index (χ3v) is 3.50. The van der Waals surface area contributed by atoms with Gasteiger partial charge in [-0.15, -0.1) is 0 Å². The lowest BCUT2D eigenvalue weighted by atomic mass is 10.2. The van der Waals surface area contributed by atoms with E-state index in [2.05, 4.69) is 18.8 Å². The molecule has 6 heteroatoms. The Balaban J connectivity index is 2.72. The molecule has 0 aliphatic rings. The Hall–Kier alpha value is -0.840. The first kappa shape index (κ1) is 13.6. The number of hydrogen-bond donors (Lipinski definition) is 1. The fourth-order valence-corrected chi connectivity index (χ4v) is 2.35. The Morgan fingerprint density at radius 1 is 1.39 bits per heavy atom. The molecule has 2 N–H and O–H groups in total. The van der Waals surface area contributed by atoms with Crippen molar-refractivity contribution in [3.05, 3.63) is 28.0 Å². The van der Waals surface area contributed by atoms with E-state index in [9.17, 15) is 0 Å². The maximum absolute atomic E-state index is 6.05. The molecule has 2 rings (SSSR count). The quantitative estimate of drug-likeness (QED) is 0.878. The minimum atomic E-state index is 0.268. The van der Waals surface area contributed by atoms with Crippen LogP contribution in [0.3, 0.4) is 0 Å². The van der Waals surface area contributed by atoms with Crippen LogP contribution in [0.4, 0.5) is 0 Å². The van der Waals surface area contributed by atoms with Crippen molar-refractivity contribution in [2.45, 2.75) is 26.3 Å². The second kappa shape index (κ2) is 5.03. The predicted octanol–water partition coefficient (Wildman–Crippen LogP) is 3.75. The van der Waals surface area contributed by atoms with E-state index in [1.807, 2.05) is 4.57 Å². The molecule has 0 unspecified atom stereocenters. The van der Waals surface area contributed by atoms with Crippen molar-refractivity contribution in [2.75, 3.05) is 0 Å². The van der Waals surface area contributed by atoms with Crippen LogP contribution in [0.2, 0.25) is 10.0 Å². The van der Waals surface area contributed by atoms with E-state index >= 15 is 0 Å². The summed E-state index contributed by atoms with van der Waals surface area (Å²) in [4.78, 5) is 4.99. The first-order valence-corrected chi connectivity index (χ1v) is 6.70. The highest BCUT2D eigenvalue weighted by atomic mass is 35.5. The van der Waals surface area contributed by atoms with Gasteiger partial charge in [-0.25, -0.2) is 4.98 Å². The molecule has 1 aromatic carbocycles. The largest absolute Gasteiger partial charge is 0.392 e. The minimum absolute atomic E-state index is 0.268. The molecule has 0 fully saturated rings. The van der Waals surface area contributed by atoms with Crippen LogP contribution in [0, 0.1) is 0 Å². The third-order valence-electron chi connectivity index (χ3n) is 2.65. The highest BCUT2D eigenvalue weighted by molar-refractivity contribution is 7.80. The summed E-state index contributed by atoms with van der Waals surface area (Å²) in [6.45, 7) is 4.60. The number of halogens is 2. The molecule has 0 bridgehead atoms. The van der Waals surface area contributed by atoms with Gasteiger partial charge in [-0.05, 0) is 12.1 Å². The molecule has 0 saturated carbocycles. The molecule has 0 spiro atoms. The molecule has 0 aliphatic heterocycles. The van der Waals surface area contributed by atoms with Crippen LogP contribution in [0.1, 0.15) is 25.6 Å². The molecule has 2 aromatic rings. The maximum atomic E-state index is 6.05. The SMILES string of the molecule is CC(C)c1nc2cc(Cl)c(Cl)cc2n1CC(N)=S. The number of aromatic nitrogens is 2. The van der Waals surface area contributed by atoms with Crippen LogP contribution < -0.4 is 5.73 Å². The monoisotopic (exact) mass is 301 g/mol. The van der Waals surface area contributed by atoms with Crippen LogP contribution in [0.5, 0.6) is 0 Å². The lowest BCUT2D eigenvalue weighted by molar-refractivity contribution is 0.704. The molecule has 0 atom stereocenters. The molecule has 0 saturated heterocycles. The fraction of sp³-hybridized carbons (Fsp3) is 0.333. The van der Waals surface area contributed by atoms with Crippen molar-refractivity contribution >= 4 is 51.4 Å². The van der Waals surface area contributed by atoms with Gasteiger partial charge in [-0.2, -0.15) is 0 Å². The summed E-state index contributed by atoms with van der Waals surface area (Å²) < 4.78 is 1.99. The molecule has 18 heavy (non-hydrogen) atoms. The molecule has 1 heterocycles. The van der Waals surface area contributed by atoms with E-state index in [0.29, 0.717) is 21.6 Å². The van der Waals surface area contributed by atoms with Crippen molar-refractivity contribution in [3.63, 3.8) is 0 Å². The van der Waals surface area contributed by atoms with E-state index in [4.69, 9.17) is 41.2 Å². The van der Waals surface area contributed by atoms with Crippen molar-refractivity contribution in [2.24, 2.45) is 5.73 Å². The Morgan fingerprint density at radius 3 is 2.56 bits per heavy atom. The second-order valence-corrected chi connectivity index (χ2v) is 5.77. The third kappa shape index (κ3) is 2.46. The summed E-state index contributed by atoms with van der Waals surface area (Å²) >= 11 is 17.0. The highest BCUT2D eigenvalue weighted by Gasteiger charge is 2.15. The van der Waals surface area contributed by atoms with Gasteiger partial charge in [0.2, 0.25) is 0 Å². The molecule has 0 aliphatic carbocycles. The highest BCUT2D eigenvalue weighted by Crippen LogP contribution is 2.30. The number of nitrogens with two attached hydrogens (primary N) is 1. The summed E-state index contributed by atoms with van der Waals surface area (Å²) in [5.74, 6) is 1.19. The molecule has 3 nitrogen and oxygen atoms in total. The Kier molecular flexibility index (Phi) is 3.80. The summed E-state index contributed by atoms with van der Waals surface area (Å²) in [6.07, 6.45) is 0. The van der Waals surface area contributed by atoms with Gasteiger partial charge in [-0.3, -0.25) is 0 Å². The molecular formula is C12H13Cl2N3S. The summed E-state index contributed by atoms with van der Waals surface area (Å²) in [5.41, 5.74) is 7.35. The fourth-order valence-electron chi connectivity index (χ4n) is 1.90. The van der Waals surface area contributed by atoms with Crippen molar-refractivity contribution in [1.29, 1.82) is 0 Å². The zero-order chi connectivity index (χ0) is 13.4. The van der Waals surface area contributed by atoms with Crippen LogP contribution in [-0.2, 0) is 6.54 Å². The predicted molar refractivity (Wildman–Crippen MR) is 80.6 cm³/mol. The number of fused-ring (bicyclic) bond motifs is 1. The van der Waals surface area contributed by atoms with E-state index < -0.39 is 0 Å². The van der Waals surface area contributed by atoms with Crippen LogP contribution in [0.25, 0.3) is 11.0 Å². The zero-order valence-corrected chi connectivity index (χ0v) is 12.4. The number of rotatable bonds is 3. The average Bonchev–Trinajstić information content (AvgIpc) is 2.57. The smallest absolute Gasteiger partial charge is 0.112 e. The standard InChI is InChI=1S/C12H13Cl2N3S/c1-6(2)12-16-9-3-7(13)8(14)4-10(9)17(12)5-11(15)18/h3-4,6H,5H2,1-2H3,(H2,15,18). The first-order valence-electron chi connectivity index (χ1n) is 5.53. The summed E-state index contributed by atoms with van der Waals surface area (Å²) in [5, 5.41) is 1.00. The maximum Gasteiger partial charge on any atom is 0.112 e. The van der Waals surface area contributed by atoms with E-state index in [1.54, 1.807) is 12.1 Å². The van der Waals surface area contributed by atoms with Crippen molar-refractivity contribution in [1.82, 2.24) is 9.55 Å². The number of benzene rings is 1. The number of imidazole rings is 1. The lowest BCUT2D eigenvalue weighted by Crippen LogP contribution is -2.18. The van der Waals surface area contributed by atoms with Gasteiger partial charge in [0.05, 0.1) is 32.6 Å². The minimum Gasteiger partial charge on any atom is -0.392 e. The van der Waals surface area contributed by atoms with Gasteiger partial charge in [0.15, 0.2) is 0 Å². The van der Waals surface area contributed by atoms with Gasteiger partial charge < -0.3 is 10.3 Å². The summed E-state index contributed by atoms with van der Waals surface area (Å²) in [7, 11) is 0. The van der Waals surface area contributed by atoms with Gasteiger partial charge in [0.1, 0.15) is 5.82 Å².